The molecular formula is C17H24N2O. The van der Waals surface area contributed by atoms with Crippen LogP contribution in [-0.4, -0.2) is 48.4 Å². The number of likely N-dealkylation sites (N-methyl/N-ethyl adjacent to an activating group) is 1. The van der Waals surface area contributed by atoms with Crippen molar-refractivity contribution in [1.29, 1.82) is 0 Å². The number of carbonyl (C=O) groups is 1. The van der Waals surface area contributed by atoms with Crippen molar-refractivity contribution in [2.75, 3.05) is 26.7 Å². The molecule has 1 fully saturated rings. The lowest BCUT2D eigenvalue weighted by Gasteiger charge is -2.24. The van der Waals surface area contributed by atoms with Gasteiger partial charge in [-0.3, -0.25) is 9.69 Å². The molecule has 1 aromatic carbocycles. The number of carbonyl (C=O) groups excluding carboxylic acids is 1. The van der Waals surface area contributed by atoms with Crippen LogP contribution in [0.2, 0.25) is 0 Å². The lowest BCUT2D eigenvalue weighted by Crippen LogP contribution is -2.38. The molecule has 3 heteroatoms. The number of amides is 1. The molecule has 1 aliphatic rings. The smallest absolute Gasteiger partial charge is 0.222 e. The Kier molecular flexibility index (Phi) is 5.36. The highest BCUT2D eigenvalue weighted by Gasteiger charge is 2.26. The molecule has 0 N–H and O–H groups in total. The fourth-order valence-corrected chi connectivity index (χ4v) is 2.65. The van der Waals surface area contributed by atoms with Crippen LogP contribution in [0.25, 0.3) is 6.08 Å². The SMILES string of the molecule is CCC(=O)N(C)C1CCN(C/C=C/c2ccccc2)C1. The van der Waals surface area contributed by atoms with Crippen molar-refractivity contribution in [3.8, 4) is 0 Å². The number of likely N-dealkylation sites (tertiary alicyclic amines) is 1. The zero-order chi connectivity index (χ0) is 14.4. The van der Waals surface area contributed by atoms with Gasteiger partial charge in [0.25, 0.3) is 0 Å². The van der Waals surface area contributed by atoms with Gasteiger partial charge >= 0.3 is 0 Å². The molecule has 108 valence electrons. The van der Waals surface area contributed by atoms with Crippen LogP contribution in [0.1, 0.15) is 25.3 Å². The van der Waals surface area contributed by atoms with Crippen molar-refractivity contribution >= 4 is 12.0 Å². The van der Waals surface area contributed by atoms with Gasteiger partial charge in [-0.2, -0.15) is 0 Å². The minimum atomic E-state index is 0.247. The zero-order valence-corrected chi connectivity index (χ0v) is 12.5. The second-order valence-electron chi connectivity index (χ2n) is 5.37. The van der Waals surface area contributed by atoms with Crippen LogP contribution in [0.3, 0.4) is 0 Å². The predicted octanol–water partition coefficient (Wildman–Crippen LogP) is 2.64. The minimum absolute atomic E-state index is 0.247. The maximum Gasteiger partial charge on any atom is 0.222 e. The van der Waals surface area contributed by atoms with Gasteiger partial charge in [-0.05, 0) is 12.0 Å². The molecule has 1 unspecified atom stereocenters. The Balaban J connectivity index is 1.79. The van der Waals surface area contributed by atoms with E-state index < -0.39 is 0 Å². The molecule has 20 heavy (non-hydrogen) atoms. The molecule has 1 amide bonds. The first-order valence-electron chi connectivity index (χ1n) is 7.40. The second-order valence-corrected chi connectivity index (χ2v) is 5.37. The average molecular weight is 272 g/mol. The van der Waals surface area contributed by atoms with Crippen LogP contribution in [-0.2, 0) is 4.79 Å². The van der Waals surface area contributed by atoms with Gasteiger partial charge < -0.3 is 4.90 Å². The number of benzene rings is 1. The summed E-state index contributed by atoms with van der Waals surface area (Å²) in [5.74, 6) is 0.247. The molecule has 1 aliphatic heterocycles. The molecule has 3 nitrogen and oxygen atoms in total. The Morgan fingerprint density at radius 2 is 2.15 bits per heavy atom. The largest absolute Gasteiger partial charge is 0.341 e. The third-order valence-electron chi connectivity index (χ3n) is 3.96. The van der Waals surface area contributed by atoms with E-state index in [0.717, 1.165) is 26.1 Å². The van der Waals surface area contributed by atoms with E-state index in [1.165, 1.54) is 5.56 Å². The summed E-state index contributed by atoms with van der Waals surface area (Å²) in [4.78, 5) is 16.0. The summed E-state index contributed by atoms with van der Waals surface area (Å²) in [6, 6.07) is 10.7. The first-order chi connectivity index (χ1) is 9.70. The average Bonchev–Trinajstić information content (AvgIpc) is 2.95. The number of hydrogen-bond acceptors (Lipinski definition) is 2. The van der Waals surface area contributed by atoms with Gasteiger partial charge in [0.15, 0.2) is 0 Å². The van der Waals surface area contributed by atoms with E-state index in [4.69, 9.17) is 0 Å². The number of hydrogen-bond donors (Lipinski definition) is 0. The van der Waals surface area contributed by atoms with E-state index in [2.05, 4.69) is 41.3 Å². The van der Waals surface area contributed by atoms with E-state index in [-0.39, 0.29) is 5.91 Å². The summed E-state index contributed by atoms with van der Waals surface area (Å²) in [7, 11) is 1.93. The van der Waals surface area contributed by atoms with E-state index in [1.54, 1.807) is 0 Å². The van der Waals surface area contributed by atoms with Crippen molar-refractivity contribution in [2.24, 2.45) is 0 Å². The molecule has 1 atom stereocenters. The van der Waals surface area contributed by atoms with Gasteiger partial charge in [-0.1, -0.05) is 49.4 Å². The van der Waals surface area contributed by atoms with Crippen LogP contribution in [0.5, 0.6) is 0 Å². The van der Waals surface area contributed by atoms with Crippen LogP contribution in [0, 0.1) is 0 Å². The third kappa shape index (κ3) is 3.94. The predicted molar refractivity (Wildman–Crippen MR) is 83.4 cm³/mol. The summed E-state index contributed by atoms with van der Waals surface area (Å²) < 4.78 is 0. The monoisotopic (exact) mass is 272 g/mol. The maximum atomic E-state index is 11.7. The highest BCUT2D eigenvalue weighted by molar-refractivity contribution is 5.75. The van der Waals surface area contributed by atoms with Gasteiger partial charge in [0, 0.05) is 39.1 Å². The number of nitrogens with zero attached hydrogens (tertiary/aromatic N) is 2. The molecular weight excluding hydrogens is 248 g/mol. The van der Waals surface area contributed by atoms with Crippen molar-refractivity contribution < 1.29 is 4.79 Å². The summed E-state index contributed by atoms with van der Waals surface area (Å²) in [5.41, 5.74) is 1.24. The van der Waals surface area contributed by atoms with Gasteiger partial charge in [-0.15, -0.1) is 0 Å². The van der Waals surface area contributed by atoms with Gasteiger partial charge in [0.05, 0.1) is 0 Å². The summed E-state index contributed by atoms with van der Waals surface area (Å²) in [6.07, 6.45) is 6.05. The van der Waals surface area contributed by atoms with Crippen molar-refractivity contribution in [3.05, 3.63) is 42.0 Å². The molecule has 0 saturated carbocycles. The molecule has 0 radical (unpaired) electrons. The molecule has 0 spiro atoms. The first-order valence-corrected chi connectivity index (χ1v) is 7.40. The second kappa shape index (κ2) is 7.25. The zero-order valence-electron chi connectivity index (χ0n) is 12.5. The lowest BCUT2D eigenvalue weighted by atomic mass is 10.2. The maximum absolute atomic E-state index is 11.7. The third-order valence-corrected chi connectivity index (χ3v) is 3.96. The molecule has 1 aromatic rings. The lowest BCUT2D eigenvalue weighted by molar-refractivity contribution is -0.131. The molecule has 0 aliphatic carbocycles. The van der Waals surface area contributed by atoms with E-state index in [0.29, 0.717) is 12.5 Å². The summed E-state index contributed by atoms with van der Waals surface area (Å²) in [5, 5.41) is 0. The van der Waals surface area contributed by atoms with Gasteiger partial charge in [0.1, 0.15) is 0 Å². The van der Waals surface area contributed by atoms with Crippen LogP contribution < -0.4 is 0 Å². The molecule has 0 aromatic heterocycles. The Morgan fingerprint density at radius 3 is 2.85 bits per heavy atom. The van der Waals surface area contributed by atoms with Gasteiger partial charge in [0.2, 0.25) is 5.91 Å². The van der Waals surface area contributed by atoms with Gasteiger partial charge in [-0.25, -0.2) is 0 Å². The van der Waals surface area contributed by atoms with Crippen LogP contribution in [0.15, 0.2) is 36.4 Å². The van der Waals surface area contributed by atoms with E-state index >= 15 is 0 Å². The van der Waals surface area contributed by atoms with Crippen molar-refractivity contribution in [3.63, 3.8) is 0 Å². The minimum Gasteiger partial charge on any atom is -0.341 e. The number of rotatable bonds is 5. The van der Waals surface area contributed by atoms with Crippen LogP contribution in [0.4, 0.5) is 0 Å². The summed E-state index contributed by atoms with van der Waals surface area (Å²) >= 11 is 0. The fourth-order valence-electron chi connectivity index (χ4n) is 2.65. The Morgan fingerprint density at radius 1 is 1.40 bits per heavy atom. The molecule has 1 saturated heterocycles. The fraction of sp³-hybridized carbons (Fsp3) is 0.471. The topological polar surface area (TPSA) is 23.6 Å². The Labute approximate surface area is 121 Å². The Bertz CT molecular complexity index is 455. The standard InChI is InChI=1S/C17H24N2O/c1-3-17(20)18(2)16-11-13-19(14-16)12-7-10-15-8-5-4-6-9-15/h4-10,16H,3,11-14H2,1-2H3/b10-7+. The first kappa shape index (κ1) is 14.8. The molecule has 0 bridgehead atoms. The highest BCUT2D eigenvalue weighted by Crippen LogP contribution is 2.15. The molecule has 2 rings (SSSR count). The van der Waals surface area contributed by atoms with Crippen LogP contribution >= 0.6 is 0 Å². The highest BCUT2D eigenvalue weighted by atomic mass is 16.2. The molecule has 1 heterocycles. The van der Waals surface area contributed by atoms with E-state index in [1.807, 2.05) is 24.9 Å². The Hall–Kier alpha value is -1.61. The van der Waals surface area contributed by atoms with Crippen molar-refractivity contribution in [1.82, 2.24) is 9.80 Å². The normalized spacial score (nSPS) is 19.6. The summed E-state index contributed by atoms with van der Waals surface area (Å²) in [6.45, 7) is 4.94. The quantitative estimate of drug-likeness (QED) is 0.822. The van der Waals surface area contributed by atoms with Crippen molar-refractivity contribution in [2.45, 2.75) is 25.8 Å². The van der Waals surface area contributed by atoms with E-state index in [9.17, 15) is 4.79 Å².